The molecule has 0 radical (unpaired) electrons. The van der Waals surface area contributed by atoms with Gasteiger partial charge in [-0.1, -0.05) is 0 Å². The van der Waals surface area contributed by atoms with Gasteiger partial charge in [-0.3, -0.25) is 0 Å². The van der Waals surface area contributed by atoms with Gasteiger partial charge in [-0.25, -0.2) is 13.8 Å². The third-order valence-corrected chi connectivity index (χ3v) is 1.74. The molecule has 0 bridgehead atoms. The molecule has 0 spiro atoms. The average Bonchev–Trinajstić information content (AvgIpc) is 2.26. The molecule has 0 aliphatic carbocycles. The molecule has 0 amide bonds. The Bertz CT molecular complexity index is 346. The molecule has 0 atom stereocenters. The van der Waals surface area contributed by atoms with Gasteiger partial charge in [0.2, 0.25) is 0 Å². The van der Waals surface area contributed by atoms with Crippen molar-refractivity contribution in [2.24, 2.45) is 0 Å². The molecule has 0 aromatic carbocycles. The van der Waals surface area contributed by atoms with E-state index in [0.29, 0.717) is 5.82 Å². The molecule has 0 fully saturated rings. The van der Waals surface area contributed by atoms with Crippen molar-refractivity contribution in [1.82, 2.24) is 4.98 Å². The van der Waals surface area contributed by atoms with Crippen LogP contribution in [0, 0.1) is 0 Å². The number of nitrogens with zero attached hydrogens (tertiary/aromatic N) is 1. The quantitative estimate of drug-likeness (QED) is 0.800. The summed E-state index contributed by atoms with van der Waals surface area (Å²) in [5.41, 5.74) is 0. The lowest BCUT2D eigenvalue weighted by molar-refractivity contribution is -0.148. The van der Waals surface area contributed by atoms with Gasteiger partial charge in [0.25, 0.3) is 0 Å². The number of rotatable bonds is 5. The predicted molar refractivity (Wildman–Crippen MR) is 50.2 cm³/mol. The highest BCUT2D eigenvalue weighted by Crippen LogP contribution is 2.24. The van der Waals surface area contributed by atoms with Crippen molar-refractivity contribution in [3.05, 3.63) is 18.3 Å². The van der Waals surface area contributed by atoms with E-state index in [9.17, 15) is 17.6 Å². The van der Waals surface area contributed by atoms with Crippen molar-refractivity contribution in [2.75, 3.05) is 19.0 Å². The second kappa shape index (κ2) is 5.00. The van der Waals surface area contributed by atoms with Crippen molar-refractivity contribution in [2.45, 2.75) is 12.3 Å². The highest BCUT2D eigenvalue weighted by Gasteiger charge is 2.41. The fourth-order valence-electron chi connectivity index (χ4n) is 0.880. The fraction of sp³-hybridized carbons (Fsp3) is 0.444. The number of ether oxygens (including phenoxy) is 1. The number of pyridine rings is 1. The van der Waals surface area contributed by atoms with E-state index < -0.39 is 19.0 Å². The van der Waals surface area contributed by atoms with Crippen LogP contribution in [0.5, 0.6) is 5.75 Å². The van der Waals surface area contributed by atoms with Gasteiger partial charge in [0.1, 0.15) is 11.6 Å². The lowest BCUT2D eigenvalue weighted by atomic mass is 10.3. The van der Waals surface area contributed by atoms with E-state index in [-0.39, 0.29) is 5.75 Å². The molecule has 90 valence electrons. The third-order valence-electron chi connectivity index (χ3n) is 1.74. The van der Waals surface area contributed by atoms with E-state index >= 15 is 0 Å². The number of aromatic nitrogens is 1. The van der Waals surface area contributed by atoms with Gasteiger partial charge < -0.3 is 10.1 Å². The monoisotopic (exact) mass is 238 g/mol. The molecule has 3 nitrogen and oxygen atoms in total. The molecule has 0 saturated heterocycles. The zero-order valence-electron chi connectivity index (χ0n) is 8.38. The summed E-state index contributed by atoms with van der Waals surface area (Å²) in [6, 6.07) is 2.64. The molecule has 1 aromatic heterocycles. The molecule has 0 saturated carbocycles. The van der Waals surface area contributed by atoms with Crippen molar-refractivity contribution >= 4 is 5.82 Å². The van der Waals surface area contributed by atoms with Gasteiger partial charge >= 0.3 is 12.3 Å². The minimum absolute atomic E-state index is 0.0553. The van der Waals surface area contributed by atoms with E-state index in [1.165, 1.54) is 18.3 Å². The van der Waals surface area contributed by atoms with Crippen LogP contribution in [-0.4, -0.2) is 31.0 Å². The summed E-state index contributed by atoms with van der Waals surface area (Å²) >= 11 is 0. The predicted octanol–water partition coefficient (Wildman–Crippen LogP) is 2.40. The molecule has 1 aromatic rings. The zero-order valence-corrected chi connectivity index (χ0v) is 8.38. The van der Waals surface area contributed by atoms with Gasteiger partial charge in [0.15, 0.2) is 6.61 Å². The largest absolute Gasteiger partial charge is 0.487 e. The minimum atomic E-state index is -4.15. The van der Waals surface area contributed by atoms with Crippen LogP contribution in [0.25, 0.3) is 0 Å². The summed E-state index contributed by atoms with van der Waals surface area (Å²) in [5, 5.41) is 2.66. The zero-order chi connectivity index (χ0) is 12.2. The van der Waals surface area contributed by atoms with E-state index in [1.54, 1.807) is 7.05 Å². The average molecular weight is 238 g/mol. The van der Waals surface area contributed by atoms with E-state index in [4.69, 9.17) is 0 Å². The van der Waals surface area contributed by atoms with Gasteiger partial charge in [0.05, 0.1) is 0 Å². The summed E-state index contributed by atoms with van der Waals surface area (Å²) in [4.78, 5) is 3.81. The number of alkyl halides is 4. The summed E-state index contributed by atoms with van der Waals surface area (Å²) in [7, 11) is 1.58. The summed E-state index contributed by atoms with van der Waals surface area (Å²) in [5.74, 6) is -3.69. The SMILES string of the molecule is CNc1cc(OCC(F)(F)C(F)F)ccn1. The maximum atomic E-state index is 12.5. The van der Waals surface area contributed by atoms with Crippen LogP contribution in [0.1, 0.15) is 0 Å². The first-order chi connectivity index (χ1) is 7.45. The van der Waals surface area contributed by atoms with Crippen molar-refractivity contribution in [1.29, 1.82) is 0 Å². The van der Waals surface area contributed by atoms with Gasteiger partial charge in [0, 0.05) is 19.3 Å². The van der Waals surface area contributed by atoms with Crippen LogP contribution in [0.4, 0.5) is 23.4 Å². The van der Waals surface area contributed by atoms with Gasteiger partial charge in [-0.05, 0) is 6.07 Å². The molecule has 0 aliphatic rings. The number of hydrogen-bond acceptors (Lipinski definition) is 3. The second-order valence-electron chi connectivity index (χ2n) is 2.98. The van der Waals surface area contributed by atoms with Crippen LogP contribution < -0.4 is 10.1 Å². The highest BCUT2D eigenvalue weighted by molar-refractivity contribution is 5.39. The second-order valence-corrected chi connectivity index (χ2v) is 2.98. The Morgan fingerprint density at radius 3 is 2.75 bits per heavy atom. The number of hydrogen-bond donors (Lipinski definition) is 1. The lowest BCUT2D eigenvalue weighted by Crippen LogP contribution is -2.33. The van der Waals surface area contributed by atoms with Gasteiger partial charge in [-0.2, -0.15) is 8.78 Å². The maximum absolute atomic E-state index is 12.5. The van der Waals surface area contributed by atoms with Crippen LogP contribution in [0.15, 0.2) is 18.3 Å². The summed E-state index contributed by atoms with van der Waals surface area (Å²) < 4.78 is 53.2. The first-order valence-corrected chi connectivity index (χ1v) is 4.38. The Morgan fingerprint density at radius 2 is 2.19 bits per heavy atom. The summed E-state index contributed by atoms with van der Waals surface area (Å²) in [6.07, 6.45) is -2.42. The molecule has 1 N–H and O–H groups in total. The fourth-order valence-corrected chi connectivity index (χ4v) is 0.880. The van der Waals surface area contributed by atoms with E-state index in [2.05, 4.69) is 15.0 Å². The van der Waals surface area contributed by atoms with Crippen LogP contribution in [0.2, 0.25) is 0 Å². The number of nitrogens with one attached hydrogen (secondary N) is 1. The Labute approximate surface area is 89.4 Å². The topological polar surface area (TPSA) is 34.1 Å². The normalized spacial score (nSPS) is 11.6. The first kappa shape index (κ1) is 12.5. The Hall–Kier alpha value is -1.53. The molecular weight excluding hydrogens is 228 g/mol. The smallest absolute Gasteiger partial charge is 0.340 e. The van der Waals surface area contributed by atoms with E-state index in [0.717, 1.165) is 0 Å². The molecule has 1 rings (SSSR count). The van der Waals surface area contributed by atoms with Crippen molar-refractivity contribution < 1.29 is 22.3 Å². The Balaban J connectivity index is 2.60. The molecule has 7 heteroatoms. The van der Waals surface area contributed by atoms with Crippen molar-refractivity contribution in [3.63, 3.8) is 0 Å². The van der Waals surface area contributed by atoms with Gasteiger partial charge in [-0.15, -0.1) is 0 Å². The molecule has 0 unspecified atom stereocenters. The standard InChI is InChI=1S/C9H10F4N2O/c1-14-7-4-6(2-3-15-7)16-5-9(12,13)8(10)11/h2-4,8H,5H2,1H3,(H,14,15). The number of halogens is 4. The van der Waals surface area contributed by atoms with Crippen LogP contribution >= 0.6 is 0 Å². The highest BCUT2D eigenvalue weighted by atomic mass is 19.3. The Morgan fingerprint density at radius 1 is 1.50 bits per heavy atom. The third kappa shape index (κ3) is 3.25. The number of anilines is 1. The molecule has 16 heavy (non-hydrogen) atoms. The molecular formula is C9H10F4N2O. The van der Waals surface area contributed by atoms with Crippen molar-refractivity contribution in [3.8, 4) is 5.75 Å². The van der Waals surface area contributed by atoms with Crippen LogP contribution in [0.3, 0.4) is 0 Å². The first-order valence-electron chi connectivity index (χ1n) is 4.38. The summed E-state index contributed by atoms with van der Waals surface area (Å²) in [6.45, 7) is -1.36. The minimum Gasteiger partial charge on any atom is -0.487 e. The van der Waals surface area contributed by atoms with E-state index in [1.807, 2.05) is 0 Å². The Kier molecular flexibility index (Phi) is 3.92. The maximum Gasteiger partial charge on any atom is 0.340 e. The molecule has 1 heterocycles. The van der Waals surface area contributed by atoms with Crippen LogP contribution in [-0.2, 0) is 0 Å². The molecule has 0 aliphatic heterocycles. The lowest BCUT2D eigenvalue weighted by Gasteiger charge is -2.16.